The number of aromatic amines is 1. The van der Waals surface area contributed by atoms with Gasteiger partial charge in [-0.25, -0.2) is 0 Å². The summed E-state index contributed by atoms with van der Waals surface area (Å²) >= 11 is 0. The van der Waals surface area contributed by atoms with E-state index in [1.54, 1.807) is 12.3 Å². The summed E-state index contributed by atoms with van der Waals surface area (Å²) in [5.41, 5.74) is 1.92. The number of nitrogens with zero attached hydrogens (tertiary/aromatic N) is 3. The number of piperidine rings is 1. The van der Waals surface area contributed by atoms with E-state index in [9.17, 15) is 14.9 Å². The van der Waals surface area contributed by atoms with Gasteiger partial charge >= 0.3 is 0 Å². The minimum absolute atomic E-state index is 0.0641. The smallest absolute Gasteiger partial charge is 0.269 e. The SMILES string of the molecule is O=C(CCc1cccc([N+](=O)[O-])c1)N1CCCCC1c1cn[nH]c1. The number of likely N-dealkylation sites (tertiary alicyclic amines) is 1. The molecule has 1 aromatic heterocycles. The van der Waals surface area contributed by atoms with Crippen LogP contribution in [0.3, 0.4) is 0 Å². The molecule has 126 valence electrons. The van der Waals surface area contributed by atoms with Crippen molar-refractivity contribution >= 4 is 11.6 Å². The average Bonchev–Trinajstić information content (AvgIpc) is 3.14. The zero-order valence-electron chi connectivity index (χ0n) is 13.4. The largest absolute Gasteiger partial charge is 0.336 e. The Bertz CT molecular complexity index is 714. The van der Waals surface area contributed by atoms with Crippen LogP contribution in [0.4, 0.5) is 5.69 Å². The van der Waals surface area contributed by atoms with Crippen LogP contribution >= 0.6 is 0 Å². The second-order valence-corrected chi connectivity index (χ2v) is 6.06. The van der Waals surface area contributed by atoms with Crippen LogP contribution < -0.4 is 0 Å². The van der Waals surface area contributed by atoms with Gasteiger partial charge in [0.05, 0.1) is 17.2 Å². The van der Waals surface area contributed by atoms with Crippen LogP contribution in [0.25, 0.3) is 0 Å². The molecule has 1 aromatic carbocycles. The van der Waals surface area contributed by atoms with Gasteiger partial charge in [-0.2, -0.15) is 5.10 Å². The Labute approximate surface area is 139 Å². The van der Waals surface area contributed by atoms with E-state index in [0.717, 1.165) is 36.9 Å². The number of benzene rings is 1. The summed E-state index contributed by atoms with van der Waals surface area (Å²) in [5.74, 6) is 0.0902. The number of nitrogens with one attached hydrogen (secondary N) is 1. The van der Waals surface area contributed by atoms with Crippen LogP contribution in [0.1, 0.15) is 42.9 Å². The van der Waals surface area contributed by atoms with Gasteiger partial charge < -0.3 is 4.90 Å². The summed E-state index contributed by atoms with van der Waals surface area (Å²) < 4.78 is 0. The molecule has 24 heavy (non-hydrogen) atoms. The molecule has 0 saturated carbocycles. The highest BCUT2D eigenvalue weighted by Gasteiger charge is 2.28. The predicted octanol–water partition coefficient (Wildman–Crippen LogP) is 3.00. The zero-order valence-corrected chi connectivity index (χ0v) is 13.4. The molecular formula is C17H20N4O3. The van der Waals surface area contributed by atoms with Crippen molar-refractivity contribution in [3.05, 3.63) is 57.9 Å². The van der Waals surface area contributed by atoms with E-state index in [0.29, 0.717) is 12.8 Å². The Kier molecular flexibility index (Phi) is 4.88. The van der Waals surface area contributed by atoms with E-state index < -0.39 is 4.92 Å². The lowest BCUT2D eigenvalue weighted by Gasteiger charge is -2.35. The van der Waals surface area contributed by atoms with Crippen molar-refractivity contribution in [2.45, 2.75) is 38.1 Å². The molecule has 0 radical (unpaired) electrons. The van der Waals surface area contributed by atoms with Crippen LogP contribution in [0.5, 0.6) is 0 Å². The molecule has 7 nitrogen and oxygen atoms in total. The topological polar surface area (TPSA) is 92.1 Å². The van der Waals surface area contributed by atoms with Crippen LogP contribution in [0.2, 0.25) is 0 Å². The van der Waals surface area contributed by atoms with Crippen molar-refractivity contribution in [2.24, 2.45) is 0 Å². The molecule has 1 saturated heterocycles. The van der Waals surface area contributed by atoms with Crippen molar-refractivity contribution in [1.82, 2.24) is 15.1 Å². The summed E-state index contributed by atoms with van der Waals surface area (Å²) in [6.45, 7) is 0.754. The van der Waals surface area contributed by atoms with Crippen LogP contribution in [-0.4, -0.2) is 32.5 Å². The first-order valence-electron chi connectivity index (χ1n) is 8.16. The Morgan fingerprint density at radius 3 is 3.04 bits per heavy atom. The fraction of sp³-hybridized carbons (Fsp3) is 0.412. The van der Waals surface area contributed by atoms with Crippen molar-refractivity contribution < 1.29 is 9.72 Å². The number of rotatable bonds is 5. The highest BCUT2D eigenvalue weighted by Crippen LogP contribution is 2.31. The number of hydrogen-bond acceptors (Lipinski definition) is 4. The van der Waals surface area contributed by atoms with Gasteiger partial charge in [-0.05, 0) is 31.2 Å². The van der Waals surface area contributed by atoms with Crippen LogP contribution in [0, 0.1) is 10.1 Å². The summed E-state index contributed by atoms with van der Waals surface area (Å²) in [6.07, 6.45) is 7.54. The first-order valence-corrected chi connectivity index (χ1v) is 8.16. The third kappa shape index (κ3) is 3.61. The zero-order chi connectivity index (χ0) is 16.9. The van der Waals surface area contributed by atoms with Crippen molar-refractivity contribution in [2.75, 3.05) is 6.54 Å². The fourth-order valence-electron chi connectivity index (χ4n) is 3.24. The average molecular weight is 328 g/mol. The van der Waals surface area contributed by atoms with E-state index in [-0.39, 0.29) is 17.6 Å². The lowest BCUT2D eigenvalue weighted by atomic mass is 9.96. The maximum Gasteiger partial charge on any atom is 0.269 e. The number of carbonyl (C=O) groups excluding carboxylic acids is 1. The number of carbonyl (C=O) groups is 1. The van der Waals surface area contributed by atoms with E-state index in [2.05, 4.69) is 10.2 Å². The molecule has 2 heterocycles. The minimum Gasteiger partial charge on any atom is -0.336 e. The lowest BCUT2D eigenvalue weighted by Crippen LogP contribution is -2.38. The number of nitro groups is 1. The monoisotopic (exact) mass is 328 g/mol. The third-order valence-corrected chi connectivity index (χ3v) is 4.48. The van der Waals surface area contributed by atoms with E-state index in [1.165, 1.54) is 12.1 Å². The molecule has 1 amide bonds. The Morgan fingerprint density at radius 2 is 2.29 bits per heavy atom. The second kappa shape index (κ2) is 7.25. The molecule has 2 aromatic rings. The van der Waals surface area contributed by atoms with Gasteiger partial charge in [0.15, 0.2) is 0 Å². The van der Waals surface area contributed by atoms with E-state index >= 15 is 0 Å². The number of hydrogen-bond donors (Lipinski definition) is 1. The number of H-pyrrole nitrogens is 1. The van der Waals surface area contributed by atoms with Gasteiger partial charge in [0.2, 0.25) is 5.91 Å². The van der Waals surface area contributed by atoms with Crippen molar-refractivity contribution in [3.8, 4) is 0 Å². The first-order chi connectivity index (χ1) is 11.6. The predicted molar refractivity (Wildman–Crippen MR) is 88.3 cm³/mol. The molecule has 1 aliphatic heterocycles. The van der Waals surface area contributed by atoms with Gasteiger partial charge in [0.25, 0.3) is 5.69 Å². The Morgan fingerprint density at radius 1 is 1.42 bits per heavy atom. The van der Waals surface area contributed by atoms with E-state index in [4.69, 9.17) is 0 Å². The van der Waals surface area contributed by atoms with Crippen LogP contribution in [-0.2, 0) is 11.2 Å². The Balaban J connectivity index is 1.65. The highest BCUT2D eigenvalue weighted by atomic mass is 16.6. The number of aromatic nitrogens is 2. The van der Waals surface area contributed by atoms with Gasteiger partial charge in [0.1, 0.15) is 0 Å². The Hall–Kier alpha value is -2.70. The molecule has 0 bridgehead atoms. The second-order valence-electron chi connectivity index (χ2n) is 6.06. The summed E-state index contributed by atoms with van der Waals surface area (Å²) in [6, 6.07) is 6.56. The minimum atomic E-state index is -0.412. The van der Waals surface area contributed by atoms with Gasteiger partial charge in [-0.3, -0.25) is 20.0 Å². The van der Waals surface area contributed by atoms with Gasteiger partial charge in [-0.1, -0.05) is 12.1 Å². The number of aryl methyl sites for hydroxylation is 1. The van der Waals surface area contributed by atoms with Gasteiger partial charge in [0, 0.05) is 36.9 Å². The molecule has 1 aliphatic rings. The molecule has 1 unspecified atom stereocenters. The molecular weight excluding hydrogens is 308 g/mol. The number of nitro benzene ring substituents is 1. The third-order valence-electron chi connectivity index (χ3n) is 4.48. The normalized spacial score (nSPS) is 17.7. The maximum atomic E-state index is 12.7. The molecule has 1 N–H and O–H groups in total. The summed E-state index contributed by atoms with van der Waals surface area (Å²) in [4.78, 5) is 25.0. The van der Waals surface area contributed by atoms with Crippen molar-refractivity contribution in [1.29, 1.82) is 0 Å². The van der Waals surface area contributed by atoms with Crippen molar-refractivity contribution in [3.63, 3.8) is 0 Å². The lowest BCUT2D eigenvalue weighted by molar-refractivity contribution is -0.384. The first kappa shape index (κ1) is 16.2. The van der Waals surface area contributed by atoms with Gasteiger partial charge in [-0.15, -0.1) is 0 Å². The summed E-state index contributed by atoms with van der Waals surface area (Å²) in [7, 11) is 0. The number of amides is 1. The summed E-state index contributed by atoms with van der Waals surface area (Å²) in [5, 5.41) is 17.6. The quantitative estimate of drug-likeness (QED) is 0.674. The molecule has 1 fully saturated rings. The molecule has 1 atom stereocenters. The number of non-ortho nitro benzene ring substituents is 1. The molecule has 0 aliphatic carbocycles. The van der Waals surface area contributed by atoms with E-state index in [1.807, 2.05) is 17.2 Å². The molecule has 7 heteroatoms. The van der Waals surface area contributed by atoms with Crippen LogP contribution in [0.15, 0.2) is 36.7 Å². The molecule has 3 rings (SSSR count). The maximum absolute atomic E-state index is 12.7. The highest BCUT2D eigenvalue weighted by molar-refractivity contribution is 5.77. The molecule has 0 spiro atoms. The standard InChI is InChI=1S/C17H20N4O3/c22-17(8-7-13-4-3-5-15(10-13)21(23)24)20-9-2-1-6-16(20)14-11-18-19-12-14/h3-5,10-12,16H,1-2,6-9H2,(H,18,19). The fourth-order valence-corrected chi connectivity index (χ4v) is 3.24.